The van der Waals surface area contributed by atoms with Crippen LogP contribution in [0.3, 0.4) is 0 Å². The maximum absolute atomic E-state index is 12.9. The van der Waals surface area contributed by atoms with Crippen LogP contribution in [0, 0.1) is 12.8 Å². The Labute approximate surface area is 391 Å². The topological polar surface area (TPSA) is 273 Å². The summed E-state index contributed by atoms with van der Waals surface area (Å²) in [6.45, 7) is 13.9. The van der Waals surface area contributed by atoms with E-state index in [1.54, 1.807) is 12.5 Å². The van der Waals surface area contributed by atoms with Crippen molar-refractivity contribution in [1.29, 1.82) is 0 Å². The monoisotopic (exact) mass is 1010 g/mol. The molecule has 4 aromatic rings. The summed E-state index contributed by atoms with van der Waals surface area (Å²) >= 11 is -1.82. The number of thiophene rings is 2. The van der Waals surface area contributed by atoms with Gasteiger partial charge in [0, 0.05) is 36.9 Å². The normalized spacial score (nSPS) is 20.3. The van der Waals surface area contributed by atoms with Gasteiger partial charge in [-0.3, -0.25) is 0 Å². The van der Waals surface area contributed by atoms with Crippen molar-refractivity contribution in [2.45, 2.75) is 100 Å². The lowest BCUT2D eigenvalue weighted by Crippen LogP contribution is -2.38. The molecule has 0 aliphatic carbocycles. The Morgan fingerprint density at radius 3 is 1.58 bits per heavy atom. The van der Waals surface area contributed by atoms with E-state index in [1.165, 1.54) is 19.4 Å². The molecule has 2 unspecified atom stereocenters. The Bertz CT molecular complexity index is 2780. The molecule has 20 nitrogen and oxygen atoms in total. The Morgan fingerprint density at radius 1 is 0.708 bits per heavy atom. The molecule has 2 fully saturated rings. The van der Waals surface area contributed by atoms with E-state index in [-0.39, 0.29) is 72.6 Å². The third-order valence-corrected chi connectivity index (χ3v) is 18.9. The van der Waals surface area contributed by atoms with Crippen LogP contribution in [0.4, 0.5) is 11.4 Å². The number of hydrogen-bond acceptors (Lipinski definition) is 16. The number of aromatic hydroxyl groups is 2. The van der Waals surface area contributed by atoms with Gasteiger partial charge in [-0.2, -0.15) is 8.61 Å². The van der Waals surface area contributed by atoms with Gasteiger partial charge < -0.3 is 40.3 Å². The van der Waals surface area contributed by atoms with E-state index in [4.69, 9.17) is 8.83 Å². The van der Waals surface area contributed by atoms with Gasteiger partial charge in [-0.15, -0.1) is 40.3 Å². The van der Waals surface area contributed by atoms with Crippen LogP contribution in [0.2, 0.25) is 0 Å². The van der Waals surface area contributed by atoms with Crippen LogP contribution in [0.15, 0.2) is 70.3 Å². The second-order valence-electron chi connectivity index (χ2n) is 16.2. The summed E-state index contributed by atoms with van der Waals surface area (Å²) < 4.78 is 105. The average Bonchev–Trinajstić information content (AvgIpc) is 4.10. The summed E-state index contributed by atoms with van der Waals surface area (Å²) in [7, 11) is -7.53. The highest BCUT2D eigenvalue weighted by Crippen LogP contribution is 2.41. The van der Waals surface area contributed by atoms with Gasteiger partial charge in [-0.25, -0.2) is 25.3 Å². The van der Waals surface area contributed by atoms with Crippen LogP contribution in [-0.4, -0.2) is 93.6 Å². The van der Waals surface area contributed by atoms with Crippen molar-refractivity contribution in [3.63, 3.8) is 0 Å². The van der Waals surface area contributed by atoms with Gasteiger partial charge >= 0.3 is 0 Å². The molecule has 6 N–H and O–H groups in total. The van der Waals surface area contributed by atoms with Gasteiger partial charge in [-0.1, -0.05) is 34.6 Å². The second-order valence-corrected chi connectivity index (χ2v) is 23.9. The molecule has 354 valence electrons. The molecule has 0 amide bonds. The predicted octanol–water partition coefficient (Wildman–Crippen LogP) is 6.42. The summed E-state index contributed by atoms with van der Waals surface area (Å²) in [6, 6.07) is 3.39. The van der Waals surface area contributed by atoms with Crippen LogP contribution >= 0.6 is 22.7 Å². The van der Waals surface area contributed by atoms with E-state index < -0.39 is 42.4 Å². The molecule has 4 atom stereocenters. The van der Waals surface area contributed by atoms with Gasteiger partial charge in [0.25, 0.3) is 42.4 Å². The van der Waals surface area contributed by atoms with Crippen LogP contribution in [0.5, 0.6) is 11.5 Å². The first kappa shape index (κ1) is 48.5. The van der Waals surface area contributed by atoms with Gasteiger partial charge in [-0.05, 0) is 74.1 Å². The number of sulfonamides is 2. The second kappa shape index (κ2) is 20.2. The molecular weight excluding hydrogens is 961 g/mol. The lowest BCUT2D eigenvalue weighted by Gasteiger charge is -2.21. The quantitative estimate of drug-likeness (QED) is 0.0843. The lowest BCUT2D eigenvalue weighted by atomic mass is 9.99. The summed E-state index contributed by atoms with van der Waals surface area (Å²) in [5.41, 5.74) is 2.38. The summed E-state index contributed by atoms with van der Waals surface area (Å²) in [4.78, 5) is 0. The number of aryl methyl sites for hydroxylation is 1. The summed E-state index contributed by atoms with van der Waals surface area (Å²) in [5, 5.41) is 36.4. The van der Waals surface area contributed by atoms with Crippen molar-refractivity contribution >= 4 is 99.8 Å². The van der Waals surface area contributed by atoms with Crippen molar-refractivity contribution in [3.8, 4) is 11.5 Å². The Balaban J connectivity index is 0.000000195. The number of hydrogen-bond donors (Lipinski definition) is 6. The van der Waals surface area contributed by atoms with Crippen molar-refractivity contribution in [2.75, 3.05) is 36.8 Å². The summed E-state index contributed by atoms with van der Waals surface area (Å²) in [5.74, 6) is 1.87. The molecule has 65 heavy (non-hydrogen) atoms. The Morgan fingerprint density at radius 2 is 1.17 bits per heavy atom. The van der Waals surface area contributed by atoms with E-state index in [0.717, 1.165) is 65.2 Å². The zero-order valence-electron chi connectivity index (χ0n) is 36.4. The fraction of sp³-hybridized carbons (Fsp3) is 0.487. The number of amidine groups is 4. The molecular formula is C39H52N10O10S6. The molecule has 0 radical (unpaired) electrons. The SMILES string of the molecule is CC(C)c1coc([C@H](NC2=NS(=O)N=C2Nc2csc(S(=O)(=O)N3CCCC3)c2O)C(C)C)c1.CC[C@@H](NC1=NS(=O)N=C1Nc1csc(S(=O)(=O)N2CCCC2)c1O)c1cc(C)co1. The molecule has 4 aliphatic heterocycles. The highest BCUT2D eigenvalue weighted by molar-refractivity contribution is 7.91. The zero-order valence-corrected chi connectivity index (χ0v) is 41.3. The van der Waals surface area contributed by atoms with Gasteiger partial charge in [0.15, 0.2) is 43.3 Å². The number of furan rings is 2. The molecule has 8 rings (SSSR count). The van der Waals surface area contributed by atoms with Gasteiger partial charge in [0.05, 0.1) is 36.0 Å². The first-order valence-electron chi connectivity index (χ1n) is 20.9. The maximum atomic E-state index is 12.9. The first-order chi connectivity index (χ1) is 30.9. The minimum Gasteiger partial charge on any atom is -0.504 e. The largest absolute Gasteiger partial charge is 0.504 e. The number of anilines is 2. The summed E-state index contributed by atoms with van der Waals surface area (Å²) in [6.07, 6.45) is 7.26. The minimum absolute atomic E-state index is 0.107. The Hall–Kier alpha value is -4.44. The lowest BCUT2D eigenvalue weighted by molar-refractivity contribution is 0.378. The molecule has 0 aromatic carbocycles. The minimum atomic E-state index is -3.77. The number of nitrogens with zero attached hydrogens (tertiary/aromatic N) is 6. The molecule has 4 aromatic heterocycles. The molecule has 4 aliphatic rings. The van der Waals surface area contributed by atoms with Crippen LogP contribution in [0.25, 0.3) is 0 Å². The number of rotatable bonds is 13. The average molecular weight is 1010 g/mol. The van der Waals surface area contributed by atoms with E-state index in [0.29, 0.717) is 44.3 Å². The van der Waals surface area contributed by atoms with Crippen LogP contribution in [-0.2, 0) is 42.4 Å². The van der Waals surface area contributed by atoms with Crippen LogP contribution < -0.4 is 21.3 Å². The molecule has 2 saturated heterocycles. The van der Waals surface area contributed by atoms with Crippen molar-refractivity contribution in [2.24, 2.45) is 23.5 Å². The van der Waals surface area contributed by atoms with E-state index in [9.17, 15) is 35.5 Å². The third kappa shape index (κ3) is 10.7. The van der Waals surface area contributed by atoms with Crippen LogP contribution in [0.1, 0.15) is 107 Å². The predicted molar refractivity (Wildman–Crippen MR) is 254 cm³/mol. The molecule has 0 spiro atoms. The van der Waals surface area contributed by atoms with Gasteiger partial charge in [0.1, 0.15) is 11.5 Å². The van der Waals surface area contributed by atoms with E-state index in [1.807, 2.05) is 39.8 Å². The van der Waals surface area contributed by atoms with Gasteiger partial charge in [0.2, 0.25) is 0 Å². The maximum Gasteiger partial charge on any atom is 0.269 e. The first-order valence-corrected chi connectivity index (χ1v) is 27.6. The molecule has 8 heterocycles. The Kier molecular flexibility index (Phi) is 15.1. The fourth-order valence-electron chi connectivity index (χ4n) is 7.16. The molecule has 0 saturated carbocycles. The smallest absolute Gasteiger partial charge is 0.269 e. The van der Waals surface area contributed by atoms with E-state index >= 15 is 0 Å². The number of nitrogens with one attached hydrogen (secondary N) is 4. The standard InChI is InChI=1S/C21H29N5O5S3.C18H23N5O5S3/c1-12(2)14-9-16(31-10-14)17(13(3)4)23-20-19(24-33(28)25-20)22-15-11-32-21(18(15)27)34(29,30)26-7-5-6-8-26;1-3-12(14-8-11(2)9-28-14)19-16-17(22-30(25)21-16)20-13-10-29-18(15(13)24)31(26,27)23-6-4-5-7-23/h9-13,17,27H,5-8H2,1-4H3,(H,22,24)(H,23,25);8-10,12,24H,3-7H2,1-2H3,(H,19,21)(H,20,22)/t17-,33?;12-,30?/m11/s1. The molecule has 26 heteroatoms. The zero-order chi connectivity index (χ0) is 46.8. The fourth-order valence-corrected chi connectivity index (χ4v) is 14.2. The third-order valence-electron chi connectivity index (χ3n) is 10.8. The molecule has 0 bridgehead atoms. The van der Waals surface area contributed by atoms with Crippen molar-refractivity contribution in [3.05, 3.63) is 58.1 Å². The highest BCUT2D eigenvalue weighted by atomic mass is 32.3. The van der Waals surface area contributed by atoms with E-state index in [2.05, 4.69) is 52.7 Å². The highest BCUT2D eigenvalue weighted by Gasteiger charge is 2.35. The van der Waals surface area contributed by atoms with Crippen molar-refractivity contribution in [1.82, 2.24) is 19.2 Å². The van der Waals surface area contributed by atoms with Crippen molar-refractivity contribution < 1.29 is 44.3 Å².